The van der Waals surface area contributed by atoms with Crippen molar-refractivity contribution in [2.45, 2.75) is 31.8 Å². The minimum absolute atomic E-state index is 0.0262. The molecule has 0 unspecified atom stereocenters. The van der Waals surface area contributed by atoms with Crippen molar-refractivity contribution in [3.8, 4) is 16.9 Å². The van der Waals surface area contributed by atoms with Gasteiger partial charge < -0.3 is 19.6 Å². The van der Waals surface area contributed by atoms with Gasteiger partial charge in [-0.25, -0.2) is 4.98 Å². The first-order valence-corrected chi connectivity index (χ1v) is 15.7. The Kier molecular flexibility index (Phi) is 9.14. The van der Waals surface area contributed by atoms with Gasteiger partial charge >= 0.3 is 0 Å². The molecule has 2 aliphatic rings. The number of benzene rings is 3. The Bertz CT molecular complexity index is 1640. The number of hydrogen-bond acceptors (Lipinski definition) is 6. The van der Waals surface area contributed by atoms with Crippen LogP contribution in [0.4, 0.5) is 10.1 Å². The van der Waals surface area contributed by atoms with Crippen LogP contribution in [0.25, 0.3) is 11.1 Å². The highest BCUT2D eigenvalue weighted by molar-refractivity contribution is 5.94. The predicted octanol–water partition coefficient (Wildman–Crippen LogP) is 5.58. The molecule has 234 valence electrons. The molecule has 1 saturated heterocycles. The third-order valence-corrected chi connectivity index (χ3v) is 9.12. The van der Waals surface area contributed by atoms with Crippen molar-refractivity contribution in [3.63, 3.8) is 0 Å². The zero-order valence-corrected chi connectivity index (χ0v) is 26.1. The molecule has 45 heavy (non-hydrogen) atoms. The maximum atomic E-state index is 13.5. The molecule has 1 aromatic heterocycles. The van der Waals surface area contributed by atoms with Gasteiger partial charge in [-0.2, -0.15) is 4.39 Å². The van der Waals surface area contributed by atoms with Crippen molar-refractivity contribution >= 4 is 11.6 Å². The summed E-state index contributed by atoms with van der Waals surface area (Å²) in [5.41, 5.74) is 6.00. The number of pyridine rings is 1. The smallest absolute Gasteiger partial charge is 0.253 e. The number of carbonyl (C=O) groups is 1. The van der Waals surface area contributed by atoms with Crippen LogP contribution in [-0.4, -0.2) is 84.3 Å². The number of likely N-dealkylation sites (N-methyl/N-ethyl adjacent to an activating group) is 1. The number of fused-ring (bicyclic) bond motifs is 3. The summed E-state index contributed by atoms with van der Waals surface area (Å²) in [5.74, 6) is 0.226. The first-order valence-electron chi connectivity index (χ1n) is 15.7. The highest BCUT2D eigenvalue weighted by Gasteiger charge is 2.34. The fourth-order valence-corrected chi connectivity index (χ4v) is 6.44. The lowest BCUT2D eigenvalue weighted by atomic mass is 9.90. The molecule has 2 aliphatic heterocycles. The van der Waals surface area contributed by atoms with Gasteiger partial charge in [0.1, 0.15) is 12.4 Å². The summed E-state index contributed by atoms with van der Waals surface area (Å²) in [7, 11) is 1.84. The molecule has 0 aliphatic carbocycles. The van der Waals surface area contributed by atoms with Gasteiger partial charge in [0.2, 0.25) is 5.95 Å². The molecule has 0 atom stereocenters. The Morgan fingerprint density at radius 1 is 0.889 bits per heavy atom. The minimum atomic E-state index is -0.822. The average Bonchev–Trinajstić information content (AvgIpc) is 3.04. The van der Waals surface area contributed by atoms with Crippen molar-refractivity contribution in [3.05, 3.63) is 113 Å². The lowest BCUT2D eigenvalue weighted by Gasteiger charge is -2.42. The fraction of sp³-hybridized carbons (Fsp3) is 0.351. The van der Waals surface area contributed by atoms with E-state index in [0.29, 0.717) is 57.6 Å². The highest BCUT2D eigenvalue weighted by atomic mass is 19.1. The number of rotatable bonds is 4. The SMILES string of the molecule is Cc1ccccc1N1CCC(O)(CN2CCOc3ccc(-c4ccc(F)nc4)cc3Cc3cccc(c3)C(=O)N(C)CC2)CC1. The van der Waals surface area contributed by atoms with Crippen molar-refractivity contribution < 1.29 is 19.0 Å². The molecule has 1 amide bonds. The summed E-state index contributed by atoms with van der Waals surface area (Å²) in [5, 5.41) is 11.7. The number of anilines is 1. The summed E-state index contributed by atoms with van der Waals surface area (Å²) < 4.78 is 19.9. The fourth-order valence-electron chi connectivity index (χ4n) is 6.44. The van der Waals surface area contributed by atoms with E-state index in [9.17, 15) is 14.3 Å². The van der Waals surface area contributed by atoms with Crippen molar-refractivity contribution in [2.75, 3.05) is 57.8 Å². The number of nitrogens with zero attached hydrogens (tertiary/aromatic N) is 4. The Labute approximate surface area is 264 Å². The lowest BCUT2D eigenvalue weighted by molar-refractivity contribution is -0.0195. The van der Waals surface area contributed by atoms with E-state index < -0.39 is 11.5 Å². The number of β-amino-alcohol motifs (C(OH)–C–C–N with tert-alkyl or cyclic N) is 1. The van der Waals surface area contributed by atoms with Crippen LogP contribution in [0.3, 0.4) is 0 Å². The number of aryl methyl sites for hydroxylation is 1. The number of aliphatic hydroxyl groups is 1. The molecule has 4 aromatic rings. The van der Waals surface area contributed by atoms with E-state index in [1.807, 2.05) is 43.4 Å². The molecule has 2 bridgehead atoms. The van der Waals surface area contributed by atoms with E-state index in [4.69, 9.17) is 4.74 Å². The standard InChI is InChI=1S/C37H41FN4O3/c1-27-6-3-4-9-33(27)42-16-14-37(44,15-17-42)26-41-19-18-40(2)36(43)30-8-5-7-28(22-30)23-32-24-29(10-12-34(32)45-21-20-41)31-11-13-35(38)39-25-31/h3-13,22,24-25,44H,14-21,23,26H2,1-2H3. The molecule has 3 heterocycles. The zero-order chi connectivity index (χ0) is 31.4. The maximum absolute atomic E-state index is 13.5. The molecule has 8 heteroatoms. The largest absolute Gasteiger partial charge is 0.492 e. The second-order valence-electron chi connectivity index (χ2n) is 12.4. The number of hydrogen-bond donors (Lipinski definition) is 1. The predicted molar refractivity (Wildman–Crippen MR) is 175 cm³/mol. The molecule has 0 spiro atoms. The van der Waals surface area contributed by atoms with Crippen LogP contribution < -0.4 is 9.64 Å². The Morgan fingerprint density at radius 3 is 2.47 bits per heavy atom. The number of aromatic nitrogens is 1. The molecule has 1 fully saturated rings. The van der Waals surface area contributed by atoms with E-state index in [1.54, 1.807) is 11.0 Å². The molecule has 3 aromatic carbocycles. The highest BCUT2D eigenvalue weighted by Crippen LogP contribution is 2.31. The van der Waals surface area contributed by atoms with Crippen LogP contribution in [0.1, 0.15) is 39.9 Å². The Morgan fingerprint density at radius 2 is 1.69 bits per heavy atom. The van der Waals surface area contributed by atoms with E-state index in [0.717, 1.165) is 41.1 Å². The number of halogens is 1. The van der Waals surface area contributed by atoms with Crippen LogP contribution in [-0.2, 0) is 6.42 Å². The summed E-state index contributed by atoms with van der Waals surface area (Å²) >= 11 is 0. The average molecular weight is 609 g/mol. The van der Waals surface area contributed by atoms with Crippen LogP contribution in [0.2, 0.25) is 0 Å². The molecule has 0 radical (unpaired) electrons. The van der Waals surface area contributed by atoms with Gasteiger partial charge in [0, 0.05) is 75.7 Å². The van der Waals surface area contributed by atoms with Gasteiger partial charge in [-0.1, -0.05) is 36.4 Å². The van der Waals surface area contributed by atoms with Crippen LogP contribution in [0.15, 0.2) is 85.1 Å². The Hall–Kier alpha value is -4.27. The third-order valence-electron chi connectivity index (χ3n) is 9.12. The topological polar surface area (TPSA) is 69.1 Å². The molecule has 1 N–H and O–H groups in total. The van der Waals surface area contributed by atoms with Crippen molar-refractivity contribution in [2.24, 2.45) is 0 Å². The number of amides is 1. The second-order valence-corrected chi connectivity index (χ2v) is 12.4. The van der Waals surface area contributed by atoms with Crippen molar-refractivity contribution in [1.29, 1.82) is 0 Å². The van der Waals surface area contributed by atoms with Crippen molar-refractivity contribution in [1.82, 2.24) is 14.8 Å². The summed E-state index contributed by atoms with van der Waals surface area (Å²) in [4.78, 5) is 23.6. The second kappa shape index (κ2) is 13.4. The summed E-state index contributed by atoms with van der Waals surface area (Å²) in [6.07, 6.45) is 3.45. The summed E-state index contributed by atoms with van der Waals surface area (Å²) in [6, 6.07) is 25.2. The summed E-state index contributed by atoms with van der Waals surface area (Å²) in [6.45, 7) is 6.44. The number of ether oxygens (including phenoxy) is 1. The monoisotopic (exact) mass is 608 g/mol. The minimum Gasteiger partial charge on any atom is -0.492 e. The van der Waals surface area contributed by atoms with E-state index in [2.05, 4.69) is 52.0 Å². The van der Waals surface area contributed by atoms with Gasteiger partial charge in [0.15, 0.2) is 0 Å². The van der Waals surface area contributed by atoms with Crippen LogP contribution in [0.5, 0.6) is 5.75 Å². The normalized spacial score (nSPS) is 17.7. The quantitative estimate of drug-likeness (QED) is 0.305. The van der Waals surface area contributed by atoms with Gasteiger partial charge in [-0.3, -0.25) is 9.69 Å². The maximum Gasteiger partial charge on any atom is 0.253 e. The van der Waals surface area contributed by atoms with Crippen LogP contribution >= 0.6 is 0 Å². The van der Waals surface area contributed by atoms with E-state index in [-0.39, 0.29) is 5.91 Å². The Balaban J connectivity index is 1.22. The van der Waals surface area contributed by atoms with Gasteiger partial charge in [-0.05, 0) is 84.5 Å². The molecule has 0 saturated carbocycles. The van der Waals surface area contributed by atoms with Gasteiger partial charge in [0.05, 0.1) is 5.60 Å². The first kappa shape index (κ1) is 30.7. The number of para-hydroxylation sites is 1. The third kappa shape index (κ3) is 7.35. The molecule has 6 rings (SSSR count). The number of carbonyl (C=O) groups excluding carboxylic acids is 1. The van der Waals surface area contributed by atoms with E-state index >= 15 is 0 Å². The lowest BCUT2D eigenvalue weighted by Crippen LogP contribution is -2.52. The number of piperidine rings is 1. The van der Waals surface area contributed by atoms with E-state index in [1.165, 1.54) is 23.5 Å². The van der Waals surface area contributed by atoms with Gasteiger partial charge in [0.25, 0.3) is 5.91 Å². The molecular formula is C37H41FN4O3. The first-order chi connectivity index (χ1) is 21.8. The zero-order valence-electron chi connectivity index (χ0n) is 26.1. The molecule has 7 nitrogen and oxygen atoms in total. The van der Waals surface area contributed by atoms with Gasteiger partial charge in [-0.15, -0.1) is 0 Å². The van der Waals surface area contributed by atoms with Crippen LogP contribution in [0, 0.1) is 12.9 Å². The molecular weight excluding hydrogens is 567 g/mol.